The summed E-state index contributed by atoms with van der Waals surface area (Å²) in [5.41, 5.74) is 1.88. The van der Waals surface area contributed by atoms with Gasteiger partial charge in [0.05, 0.1) is 16.2 Å². The molecular weight excluding hydrogens is 358 g/mol. The van der Waals surface area contributed by atoms with Crippen molar-refractivity contribution in [2.75, 3.05) is 0 Å². The van der Waals surface area contributed by atoms with Crippen molar-refractivity contribution < 1.29 is 13.2 Å². The van der Waals surface area contributed by atoms with Gasteiger partial charge in [-0.3, -0.25) is 4.79 Å². The van der Waals surface area contributed by atoms with Gasteiger partial charge in [-0.1, -0.05) is 24.3 Å². The number of primary sulfonamides is 1. The highest BCUT2D eigenvalue weighted by Crippen LogP contribution is 2.34. The van der Waals surface area contributed by atoms with Gasteiger partial charge in [-0.25, -0.2) is 23.5 Å². The highest BCUT2D eigenvalue weighted by molar-refractivity contribution is 7.89. The topological polar surface area (TPSA) is 156 Å². The molecule has 2 aromatic rings. The second-order valence-corrected chi connectivity index (χ2v) is 7.06. The van der Waals surface area contributed by atoms with Gasteiger partial charge >= 0.3 is 0 Å². The first-order chi connectivity index (χ1) is 12.4. The van der Waals surface area contributed by atoms with Gasteiger partial charge in [0.25, 0.3) is 5.91 Å². The zero-order valence-electron chi connectivity index (χ0n) is 13.1. The lowest BCUT2D eigenvalue weighted by Gasteiger charge is -2.19. The molecule has 10 nitrogen and oxygen atoms in total. The van der Waals surface area contributed by atoms with E-state index in [0.29, 0.717) is 16.8 Å². The second-order valence-electron chi connectivity index (χ2n) is 5.53. The van der Waals surface area contributed by atoms with Crippen molar-refractivity contribution in [1.82, 2.24) is 20.6 Å². The van der Waals surface area contributed by atoms with Crippen LogP contribution in [0.2, 0.25) is 0 Å². The minimum absolute atomic E-state index is 0.0873. The number of nitrogens with one attached hydrogen (secondary N) is 1. The second kappa shape index (κ2) is 5.89. The van der Waals surface area contributed by atoms with Crippen LogP contribution in [0.25, 0.3) is 17.0 Å². The van der Waals surface area contributed by atoms with Crippen molar-refractivity contribution in [2.24, 2.45) is 21.0 Å². The number of hydrogen-bond donors (Lipinski definition) is 2. The summed E-state index contributed by atoms with van der Waals surface area (Å²) < 4.78 is 24.0. The highest BCUT2D eigenvalue weighted by atomic mass is 32.2. The maximum atomic E-state index is 12.0. The Morgan fingerprint density at radius 1 is 1.23 bits per heavy atom. The van der Waals surface area contributed by atoms with Crippen LogP contribution in [-0.4, -0.2) is 47.0 Å². The molecule has 0 fully saturated rings. The molecule has 1 amide bonds. The number of aromatic amines is 1. The third-order valence-electron chi connectivity index (χ3n) is 3.96. The number of tetrazole rings is 1. The van der Waals surface area contributed by atoms with Crippen molar-refractivity contribution in [3.05, 3.63) is 42.0 Å². The van der Waals surface area contributed by atoms with E-state index in [2.05, 4.69) is 30.6 Å². The van der Waals surface area contributed by atoms with Crippen molar-refractivity contribution in [1.29, 1.82) is 0 Å². The molecule has 1 aromatic carbocycles. The van der Waals surface area contributed by atoms with E-state index in [1.807, 2.05) is 0 Å². The Hall–Kier alpha value is -3.31. The number of sulfonamides is 1. The van der Waals surface area contributed by atoms with E-state index >= 15 is 0 Å². The fraction of sp³-hybridized carbons (Fsp3) is 0.0667. The monoisotopic (exact) mass is 369 g/mol. The standard InChI is InChI=1S/C15H11N7O3S/c16-26(24,25)12-3-1-2-9(13(12)14-19-21-22-20-14)8-4-5-10-11(6-8)17-7-18-15(10)23/h1-7,10H,(H2,16,24,25)(H,19,20,21,22). The van der Waals surface area contributed by atoms with Gasteiger partial charge in [0.2, 0.25) is 15.8 Å². The Bertz CT molecular complexity index is 1130. The Morgan fingerprint density at radius 3 is 2.81 bits per heavy atom. The van der Waals surface area contributed by atoms with Crippen molar-refractivity contribution in [2.45, 2.75) is 4.90 Å². The van der Waals surface area contributed by atoms with Crippen LogP contribution in [0.5, 0.6) is 0 Å². The number of allylic oxidation sites excluding steroid dienone is 3. The van der Waals surface area contributed by atoms with E-state index < -0.39 is 15.9 Å². The maximum absolute atomic E-state index is 12.0. The molecule has 1 aliphatic carbocycles. The summed E-state index contributed by atoms with van der Waals surface area (Å²) in [7, 11) is -4.03. The van der Waals surface area contributed by atoms with Crippen LogP contribution in [0.3, 0.4) is 0 Å². The summed E-state index contributed by atoms with van der Waals surface area (Å²) in [5.74, 6) is -0.763. The van der Waals surface area contributed by atoms with Gasteiger partial charge in [0.1, 0.15) is 12.3 Å². The molecule has 1 aromatic heterocycles. The first kappa shape index (κ1) is 16.2. The molecule has 2 aliphatic rings. The molecule has 130 valence electrons. The number of fused-ring (bicyclic) bond motifs is 1. The summed E-state index contributed by atoms with van der Waals surface area (Å²) in [5, 5.41) is 18.9. The number of nitrogens with zero attached hydrogens (tertiary/aromatic N) is 5. The molecular formula is C15H11N7O3S. The number of nitrogens with two attached hydrogens (primary N) is 1. The zero-order chi connectivity index (χ0) is 18.3. The smallest absolute Gasteiger partial charge is 0.260 e. The number of amides is 1. The van der Waals surface area contributed by atoms with Crippen molar-refractivity contribution >= 4 is 33.6 Å². The van der Waals surface area contributed by atoms with E-state index in [9.17, 15) is 13.2 Å². The summed E-state index contributed by atoms with van der Waals surface area (Å²) in [6, 6.07) is 4.64. The molecule has 1 aliphatic heterocycles. The van der Waals surface area contributed by atoms with E-state index in [4.69, 9.17) is 5.14 Å². The van der Waals surface area contributed by atoms with E-state index in [-0.39, 0.29) is 22.2 Å². The van der Waals surface area contributed by atoms with E-state index in [1.165, 1.54) is 12.4 Å². The SMILES string of the molecule is NS(=O)(=O)c1cccc(C2=CC3=NC=NC(=O)C3C=C2)c1-c1nn[nH]n1. The van der Waals surface area contributed by atoms with E-state index in [0.717, 1.165) is 0 Å². The predicted octanol–water partition coefficient (Wildman–Crippen LogP) is 0.0930. The van der Waals surface area contributed by atoms with E-state index in [1.54, 1.807) is 30.4 Å². The lowest BCUT2D eigenvalue weighted by atomic mass is 9.88. The van der Waals surface area contributed by atoms with Gasteiger partial charge in [0, 0.05) is 0 Å². The summed E-state index contributed by atoms with van der Waals surface area (Å²) in [6.07, 6.45) is 6.26. The Labute approximate surface area is 147 Å². The number of aliphatic imine (C=N–C) groups is 2. The van der Waals surface area contributed by atoms with Crippen LogP contribution in [0.1, 0.15) is 5.56 Å². The molecule has 26 heavy (non-hydrogen) atoms. The average molecular weight is 369 g/mol. The van der Waals surface area contributed by atoms with Crippen LogP contribution in [-0.2, 0) is 14.8 Å². The average Bonchev–Trinajstić information content (AvgIpc) is 3.14. The minimum Gasteiger partial charge on any atom is -0.271 e. The Morgan fingerprint density at radius 2 is 2.08 bits per heavy atom. The Kier molecular flexibility index (Phi) is 3.67. The van der Waals surface area contributed by atoms with Gasteiger partial charge < -0.3 is 0 Å². The summed E-state index contributed by atoms with van der Waals surface area (Å²) in [6.45, 7) is 0. The van der Waals surface area contributed by atoms with Crippen LogP contribution in [0, 0.1) is 5.92 Å². The number of rotatable bonds is 3. The normalized spacial score (nSPS) is 19.1. The fourth-order valence-corrected chi connectivity index (χ4v) is 3.58. The highest BCUT2D eigenvalue weighted by Gasteiger charge is 2.28. The van der Waals surface area contributed by atoms with Crippen LogP contribution in [0.15, 0.2) is 51.3 Å². The third kappa shape index (κ3) is 2.68. The molecule has 2 heterocycles. The fourth-order valence-electron chi connectivity index (χ4n) is 2.83. The lowest BCUT2D eigenvalue weighted by Crippen LogP contribution is -2.24. The molecule has 4 rings (SSSR count). The molecule has 11 heteroatoms. The largest absolute Gasteiger partial charge is 0.271 e. The molecule has 0 saturated heterocycles. The van der Waals surface area contributed by atoms with Crippen LogP contribution < -0.4 is 5.14 Å². The molecule has 0 saturated carbocycles. The van der Waals surface area contributed by atoms with Gasteiger partial charge in [-0.2, -0.15) is 5.21 Å². The summed E-state index contributed by atoms with van der Waals surface area (Å²) in [4.78, 5) is 19.5. The van der Waals surface area contributed by atoms with Crippen molar-refractivity contribution in [3.8, 4) is 11.4 Å². The van der Waals surface area contributed by atoms with Gasteiger partial charge in [-0.15, -0.1) is 10.2 Å². The number of H-pyrrole nitrogens is 1. The number of carbonyl (C=O) groups excluding carboxylic acids is 1. The third-order valence-corrected chi connectivity index (χ3v) is 4.91. The molecule has 1 atom stereocenters. The Balaban J connectivity index is 1.94. The zero-order valence-corrected chi connectivity index (χ0v) is 13.9. The van der Waals surface area contributed by atoms with Gasteiger partial charge in [0.15, 0.2) is 0 Å². The predicted molar refractivity (Wildman–Crippen MR) is 92.5 cm³/mol. The number of benzene rings is 1. The van der Waals surface area contributed by atoms with Crippen LogP contribution in [0.4, 0.5) is 0 Å². The number of hydrogen-bond acceptors (Lipinski definition) is 7. The van der Waals surface area contributed by atoms with Crippen molar-refractivity contribution in [3.63, 3.8) is 0 Å². The lowest BCUT2D eigenvalue weighted by molar-refractivity contribution is -0.118. The minimum atomic E-state index is -4.03. The first-order valence-corrected chi connectivity index (χ1v) is 8.94. The number of carbonyl (C=O) groups is 1. The maximum Gasteiger partial charge on any atom is 0.260 e. The van der Waals surface area contributed by atoms with Crippen LogP contribution >= 0.6 is 0 Å². The quantitative estimate of drug-likeness (QED) is 0.781. The molecule has 0 spiro atoms. The summed E-state index contributed by atoms with van der Waals surface area (Å²) >= 11 is 0. The number of aromatic nitrogens is 4. The molecule has 3 N–H and O–H groups in total. The molecule has 1 unspecified atom stereocenters. The first-order valence-electron chi connectivity index (χ1n) is 7.39. The van der Waals surface area contributed by atoms with Gasteiger partial charge in [-0.05, 0) is 28.5 Å². The molecule has 0 bridgehead atoms. The molecule has 0 radical (unpaired) electrons.